The molecule has 0 radical (unpaired) electrons. The predicted octanol–water partition coefficient (Wildman–Crippen LogP) is 4.97. The minimum atomic E-state index is -4.65. The minimum absolute atomic E-state index is 0.0131. The summed E-state index contributed by atoms with van der Waals surface area (Å²) in [6.07, 6.45) is -2.58. The molecule has 2 aromatic carbocycles. The smallest absolute Gasteiger partial charge is 0.326 e. The van der Waals surface area contributed by atoms with E-state index in [1.165, 1.54) is 10.4 Å². The summed E-state index contributed by atoms with van der Waals surface area (Å²) in [5, 5.41) is 2.01. The van der Waals surface area contributed by atoms with Crippen molar-refractivity contribution in [3.63, 3.8) is 0 Å². The molecule has 1 aliphatic rings. The van der Waals surface area contributed by atoms with Gasteiger partial charge in [0.2, 0.25) is 15.9 Å². The Morgan fingerprint density at radius 1 is 1.16 bits per heavy atom. The SMILES string of the molecule is O=C(Nc1ccc(Cl)c(C(F)(F)F)c1)C1CCCN(S(=O)(=O)CCCc2ccccc2)C1. The van der Waals surface area contributed by atoms with Crippen LogP contribution in [-0.4, -0.2) is 37.5 Å². The first kappa shape index (κ1) is 24.5. The van der Waals surface area contributed by atoms with Crippen molar-refractivity contribution in [2.75, 3.05) is 24.2 Å². The molecule has 1 saturated heterocycles. The number of hydrogen-bond acceptors (Lipinski definition) is 3. The molecule has 2 aromatic rings. The Balaban J connectivity index is 1.59. The largest absolute Gasteiger partial charge is 0.417 e. The first-order valence-corrected chi connectivity index (χ1v) is 12.2. The third kappa shape index (κ3) is 6.46. The van der Waals surface area contributed by atoms with Crippen molar-refractivity contribution in [3.05, 3.63) is 64.7 Å². The maximum atomic E-state index is 13.0. The lowest BCUT2D eigenvalue weighted by molar-refractivity contribution is -0.137. The summed E-state index contributed by atoms with van der Waals surface area (Å²) in [5.41, 5.74) is -0.0161. The van der Waals surface area contributed by atoms with Crippen molar-refractivity contribution in [3.8, 4) is 0 Å². The zero-order valence-electron chi connectivity index (χ0n) is 17.2. The van der Waals surface area contributed by atoms with Gasteiger partial charge in [0, 0.05) is 18.8 Å². The standard InChI is InChI=1S/C22H24ClF3N2O3S/c23-20-11-10-18(14-19(20)22(24,25)26)27-21(29)17-9-4-12-28(15-17)32(30,31)13-5-8-16-6-2-1-3-7-16/h1-3,6-7,10-11,14,17H,4-5,8-9,12-13,15H2,(H,27,29). The van der Waals surface area contributed by atoms with Gasteiger partial charge < -0.3 is 5.32 Å². The van der Waals surface area contributed by atoms with Gasteiger partial charge in [-0.05, 0) is 49.4 Å². The van der Waals surface area contributed by atoms with Crippen LogP contribution >= 0.6 is 11.6 Å². The molecule has 1 aliphatic heterocycles. The van der Waals surface area contributed by atoms with Crippen molar-refractivity contribution in [1.82, 2.24) is 4.31 Å². The second-order valence-electron chi connectivity index (χ2n) is 7.78. The molecule has 1 heterocycles. The molecule has 32 heavy (non-hydrogen) atoms. The second-order valence-corrected chi connectivity index (χ2v) is 10.3. The number of halogens is 4. The summed E-state index contributed by atoms with van der Waals surface area (Å²) in [4.78, 5) is 12.6. The average Bonchev–Trinajstić information content (AvgIpc) is 2.75. The topological polar surface area (TPSA) is 66.5 Å². The zero-order chi connectivity index (χ0) is 23.4. The fourth-order valence-electron chi connectivity index (χ4n) is 3.71. The number of alkyl halides is 3. The average molecular weight is 489 g/mol. The van der Waals surface area contributed by atoms with Crippen molar-refractivity contribution in [1.29, 1.82) is 0 Å². The molecule has 1 N–H and O–H groups in total. The number of amides is 1. The van der Waals surface area contributed by atoms with Crippen LogP contribution in [-0.2, 0) is 27.4 Å². The summed E-state index contributed by atoms with van der Waals surface area (Å²) in [7, 11) is -3.54. The van der Waals surface area contributed by atoms with Gasteiger partial charge in [-0.25, -0.2) is 12.7 Å². The number of carbonyl (C=O) groups is 1. The van der Waals surface area contributed by atoms with Crippen LogP contribution in [0.2, 0.25) is 5.02 Å². The molecule has 0 aromatic heterocycles. The molecule has 0 saturated carbocycles. The van der Waals surface area contributed by atoms with Crippen molar-refractivity contribution >= 4 is 33.2 Å². The highest BCUT2D eigenvalue weighted by Crippen LogP contribution is 2.36. The van der Waals surface area contributed by atoms with Gasteiger partial charge in [0.05, 0.1) is 22.3 Å². The van der Waals surface area contributed by atoms with E-state index in [0.29, 0.717) is 32.2 Å². The number of hydrogen-bond donors (Lipinski definition) is 1. The Labute approximate surface area is 190 Å². The lowest BCUT2D eigenvalue weighted by Gasteiger charge is -2.31. The van der Waals surface area contributed by atoms with Crippen LogP contribution in [0.1, 0.15) is 30.4 Å². The monoisotopic (exact) mass is 488 g/mol. The van der Waals surface area contributed by atoms with Crippen molar-refractivity contribution in [2.45, 2.75) is 31.9 Å². The maximum Gasteiger partial charge on any atom is 0.417 e. The highest BCUT2D eigenvalue weighted by molar-refractivity contribution is 7.89. The number of aryl methyl sites for hydroxylation is 1. The molecule has 0 spiro atoms. The Morgan fingerprint density at radius 2 is 1.88 bits per heavy atom. The van der Waals surface area contributed by atoms with Crippen LogP contribution in [0.4, 0.5) is 18.9 Å². The van der Waals surface area contributed by atoms with Crippen LogP contribution in [0.25, 0.3) is 0 Å². The molecular weight excluding hydrogens is 465 g/mol. The van der Waals surface area contributed by atoms with E-state index in [9.17, 15) is 26.4 Å². The van der Waals surface area contributed by atoms with Gasteiger partial charge >= 0.3 is 6.18 Å². The quantitative estimate of drug-likeness (QED) is 0.598. The number of anilines is 1. The normalized spacial score (nSPS) is 17.8. The number of nitrogens with zero attached hydrogens (tertiary/aromatic N) is 1. The Morgan fingerprint density at radius 3 is 2.56 bits per heavy atom. The minimum Gasteiger partial charge on any atom is -0.326 e. The van der Waals surface area contributed by atoms with Gasteiger partial charge in [-0.1, -0.05) is 41.9 Å². The van der Waals surface area contributed by atoms with E-state index in [1.54, 1.807) is 0 Å². The van der Waals surface area contributed by atoms with Gasteiger partial charge in [-0.15, -0.1) is 0 Å². The van der Waals surface area contributed by atoms with Gasteiger partial charge in [0.25, 0.3) is 0 Å². The molecule has 174 valence electrons. The van der Waals surface area contributed by atoms with Crippen LogP contribution < -0.4 is 5.32 Å². The van der Waals surface area contributed by atoms with Gasteiger partial charge in [0.15, 0.2) is 0 Å². The van der Waals surface area contributed by atoms with Gasteiger partial charge in [-0.2, -0.15) is 13.2 Å². The molecule has 1 amide bonds. The molecule has 0 aliphatic carbocycles. The van der Waals surface area contributed by atoms with Crippen LogP contribution in [0.15, 0.2) is 48.5 Å². The van der Waals surface area contributed by atoms with Crippen molar-refractivity contribution < 1.29 is 26.4 Å². The van der Waals surface area contributed by atoms with Crippen LogP contribution in [0.5, 0.6) is 0 Å². The predicted molar refractivity (Wildman–Crippen MR) is 118 cm³/mol. The van der Waals surface area contributed by atoms with E-state index in [1.807, 2.05) is 30.3 Å². The molecule has 0 bridgehead atoms. The summed E-state index contributed by atoms with van der Waals surface area (Å²) < 4.78 is 65.9. The summed E-state index contributed by atoms with van der Waals surface area (Å²) in [5.74, 6) is -1.18. The number of sulfonamides is 1. The van der Waals surface area contributed by atoms with Gasteiger partial charge in [-0.3, -0.25) is 4.79 Å². The summed E-state index contributed by atoms with van der Waals surface area (Å²) >= 11 is 5.61. The number of carbonyl (C=O) groups excluding carboxylic acids is 1. The molecule has 5 nitrogen and oxygen atoms in total. The number of benzene rings is 2. The van der Waals surface area contributed by atoms with Crippen LogP contribution in [0, 0.1) is 5.92 Å². The fourth-order valence-corrected chi connectivity index (χ4v) is 5.51. The fraction of sp³-hybridized carbons (Fsp3) is 0.409. The van der Waals surface area contributed by atoms with E-state index in [0.717, 1.165) is 17.7 Å². The third-order valence-electron chi connectivity index (χ3n) is 5.40. The van der Waals surface area contributed by atoms with Crippen LogP contribution in [0.3, 0.4) is 0 Å². The summed E-state index contributed by atoms with van der Waals surface area (Å²) in [6.45, 7) is 0.343. The van der Waals surface area contributed by atoms with Crippen molar-refractivity contribution in [2.24, 2.45) is 5.92 Å². The molecule has 10 heteroatoms. The summed E-state index contributed by atoms with van der Waals surface area (Å²) in [6, 6.07) is 12.7. The van der Waals surface area contributed by atoms with E-state index >= 15 is 0 Å². The second kappa shape index (κ2) is 10.2. The van der Waals surface area contributed by atoms with Gasteiger partial charge in [0.1, 0.15) is 0 Å². The first-order chi connectivity index (χ1) is 15.1. The molecule has 1 atom stereocenters. The Bertz CT molecular complexity index is 1050. The molecule has 1 fully saturated rings. The van der Waals surface area contributed by atoms with E-state index in [2.05, 4.69) is 5.32 Å². The van der Waals surface area contributed by atoms with E-state index in [4.69, 9.17) is 11.6 Å². The lowest BCUT2D eigenvalue weighted by Crippen LogP contribution is -2.44. The number of rotatable bonds is 7. The zero-order valence-corrected chi connectivity index (χ0v) is 18.8. The number of nitrogens with one attached hydrogen (secondary N) is 1. The number of piperidine rings is 1. The lowest BCUT2D eigenvalue weighted by atomic mass is 9.98. The third-order valence-corrected chi connectivity index (χ3v) is 7.65. The highest BCUT2D eigenvalue weighted by Gasteiger charge is 2.35. The first-order valence-electron chi connectivity index (χ1n) is 10.3. The Hall–Kier alpha value is -2.10. The molecule has 1 unspecified atom stereocenters. The molecule has 3 rings (SSSR count). The van der Waals surface area contributed by atoms with E-state index < -0.39 is 38.6 Å². The van der Waals surface area contributed by atoms with E-state index in [-0.39, 0.29) is 18.0 Å². The molecular formula is C22H24ClF3N2O3S. The maximum absolute atomic E-state index is 13.0. The highest BCUT2D eigenvalue weighted by atomic mass is 35.5. The Kier molecular flexibility index (Phi) is 7.84.